The van der Waals surface area contributed by atoms with Gasteiger partial charge < -0.3 is 15.2 Å². The standard InChI is InChI=1S/C17H25N5/c1-17(2)9-11-22(12-17)16(18-3)19-10-8-15-20-13-6-4-5-7-14(13)21-15/h4-7H,8-12H2,1-3H3,(H,18,19)(H,20,21). The summed E-state index contributed by atoms with van der Waals surface area (Å²) in [7, 11) is 1.86. The zero-order valence-corrected chi connectivity index (χ0v) is 13.7. The number of rotatable bonds is 3. The van der Waals surface area contributed by atoms with Crippen molar-refractivity contribution in [2.75, 3.05) is 26.7 Å². The summed E-state index contributed by atoms with van der Waals surface area (Å²) >= 11 is 0. The molecule has 3 rings (SSSR count). The molecule has 2 aromatic rings. The van der Waals surface area contributed by atoms with Crippen LogP contribution in [0.1, 0.15) is 26.1 Å². The quantitative estimate of drug-likeness (QED) is 0.676. The highest BCUT2D eigenvalue weighted by Crippen LogP contribution is 2.28. The average molecular weight is 299 g/mol. The predicted molar refractivity (Wildman–Crippen MR) is 91.1 cm³/mol. The van der Waals surface area contributed by atoms with Crippen LogP contribution in [-0.2, 0) is 6.42 Å². The average Bonchev–Trinajstić information content (AvgIpc) is 3.06. The van der Waals surface area contributed by atoms with E-state index in [2.05, 4.69) is 45.1 Å². The van der Waals surface area contributed by atoms with Gasteiger partial charge in [-0.05, 0) is 24.0 Å². The molecule has 0 spiro atoms. The largest absolute Gasteiger partial charge is 0.356 e. The molecule has 1 aliphatic rings. The van der Waals surface area contributed by atoms with Gasteiger partial charge >= 0.3 is 0 Å². The van der Waals surface area contributed by atoms with E-state index >= 15 is 0 Å². The van der Waals surface area contributed by atoms with E-state index in [-0.39, 0.29) is 0 Å². The fourth-order valence-electron chi connectivity index (χ4n) is 3.04. The fraction of sp³-hybridized carbons (Fsp3) is 0.529. The molecule has 1 aromatic carbocycles. The Morgan fingerprint density at radius 3 is 2.91 bits per heavy atom. The predicted octanol–water partition coefficient (Wildman–Crippen LogP) is 2.41. The summed E-state index contributed by atoms with van der Waals surface area (Å²) in [6.45, 7) is 7.61. The number of fused-ring (bicyclic) bond motifs is 1. The van der Waals surface area contributed by atoms with Crippen LogP contribution in [-0.4, -0.2) is 47.5 Å². The molecule has 5 nitrogen and oxygen atoms in total. The molecule has 0 saturated carbocycles. The van der Waals surface area contributed by atoms with Crippen LogP contribution in [0.2, 0.25) is 0 Å². The van der Waals surface area contributed by atoms with Crippen LogP contribution >= 0.6 is 0 Å². The number of imidazole rings is 1. The van der Waals surface area contributed by atoms with Crippen molar-refractivity contribution in [3.8, 4) is 0 Å². The summed E-state index contributed by atoms with van der Waals surface area (Å²) in [5.74, 6) is 2.02. The SMILES string of the molecule is CN=C(NCCc1nc2ccccc2[nH]1)N1CCC(C)(C)C1. The molecule has 1 aromatic heterocycles. The fourth-order valence-corrected chi connectivity index (χ4v) is 3.04. The number of aromatic nitrogens is 2. The van der Waals surface area contributed by atoms with Crippen molar-refractivity contribution in [3.05, 3.63) is 30.1 Å². The van der Waals surface area contributed by atoms with E-state index in [1.54, 1.807) is 0 Å². The molecule has 22 heavy (non-hydrogen) atoms. The first kappa shape index (κ1) is 14.9. The number of likely N-dealkylation sites (tertiary alicyclic amines) is 1. The number of nitrogens with zero attached hydrogens (tertiary/aromatic N) is 3. The number of guanidine groups is 1. The number of aliphatic imine (C=N–C) groups is 1. The topological polar surface area (TPSA) is 56.3 Å². The summed E-state index contributed by atoms with van der Waals surface area (Å²) in [6.07, 6.45) is 2.09. The van der Waals surface area contributed by atoms with Gasteiger partial charge in [-0.25, -0.2) is 4.98 Å². The first-order valence-corrected chi connectivity index (χ1v) is 7.97. The van der Waals surface area contributed by atoms with Gasteiger partial charge in [-0.3, -0.25) is 4.99 Å². The molecule has 2 heterocycles. The molecular formula is C17H25N5. The highest BCUT2D eigenvalue weighted by atomic mass is 15.3. The minimum atomic E-state index is 0.385. The normalized spacial score (nSPS) is 18.1. The second-order valence-corrected chi connectivity index (χ2v) is 6.76. The smallest absolute Gasteiger partial charge is 0.193 e. The maximum Gasteiger partial charge on any atom is 0.193 e. The third-order valence-electron chi connectivity index (χ3n) is 4.27. The Morgan fingerprint density at radius 1 is 1.41 bits per heavy atom. The molecule has 0 amide bonds. The Hall–Kier alpha value is -2.04. The van der Waals surface area contributed by atoms with Crippen LogP contribution in [0, 0.1) is 5.41 Å². The molecule has 5 heteroatoms. The Kier molecular flexibility index (Phi) is 4.05. The summed E-state index contributed by atoms with van der Waals surface area (Å²) in [5, 5.41) is 3.46. The van der Waals surface area contributed by atoms with Gasteiger partial charge in [0.1, 0.15) is 5.82 Å². The number of para-hydroxylation sites is 2. The van der Waals surface area contributed by atoms with Crippen LogP contribution < -0.4 is 5.32 Å². The Labute approximate surface area is 131 Å². The summed E-state index contributed by atoms with van der Waals surface area (Å²) < 4.78 is 0. The van der Waals surface area contributed by atoms with Crippen molar-refractivity contribution in [3.63, 3.8) is 0 Å². The highest BCUT2D eigenvalue weighted by molar-refractivity contribution is 5.80. The van der Waals surface area contributed by atoms with Crippen molar-refractivity contribution < 1.29 is 0 Å². The summed E-state index contributed by atoms with van der Waals surface area (Å²) in [6, 6.07) is 8.14. The minimum Gasteiger partial charge on any atom is -0.356 e. The molecule has 0 aliphatic carbocycles. The lowest BCUT2D eigenvalue weighted by Gasteiger charge is -2.23. The van der Waals surface area contributed by atoms with Gasteiger partial charge in [0.05, 0.1) is 11.0 Å². The van der Waals surface area contributed by atoms with Crippen LogP contribution in [0.15, 0.2) is 29.3 Å². The zero-order chi connectivity index (χ0) is 15.6. The molecule has 2 N–H and O–H groups in total. The van der Waals surface area contributed by atoms with Gasteiger partial charge in [0.25, 0.3) is 0 Å². The van der Waals surface area contributed by atoms with Crippen molar-refractivity contribution >= 4 is 17.0 Å². The number of hydrogen-bond acceptors (Lipinski definition) is 2. The van der Waals surface area contributed by atoms with Crippen LogP contribution in [0.5, 0.6) is 0 Å². The Bertz CT molecular complexity index is 637. The minimum absolute atomic E-state index is 0.385. The molecule has 0 unspecified atom stereocenters. The van der Waals surface area contributed by atoms with Gasteiger partial charge in [0.15, 0.2) is 5.96 Å². The third-order valence-corrected chi connectivity index (χ3v) is 4.27. The Balaban J connectivity index is 1.55. The number of H-pyrrole nitrogens is 1. The van der Waals surface area contributed by atoms with E-state index in [0.29, 0.717) is 5.41 Å². The Morgan fingerprint density at radius 2 is 2.23 bits per heavy atom. The zero-order valence-electron chi connectivity index (χ0n) is 13.7. The monoisotopic (exact) mass is 299 g/mol. The van der Waals surface area contributed by atoms with E-state index in [1.165, 1.54) is 6.42 Å². The maximum atomic E-state index is 4.61. The second-order valence-electron chi connectivity index (χ2n) is 6.76. The maximum absolute atomic E-state index is 4.61. The van der Waals surface area contributed by atoms with E-state index < -0.39 is 0 Å². The van der Waals surface area contributed by atoms with Crippen LogP contribution in [0.4, 0.5) is 0 Å². The van der Waals surface area contributed by atoms with Crippen molar-refractivity contribution in [1.82, 2.24) is 20.2 Å². The van der Waals surface area contributed by atoms with Gasteiger partial charge in [0.2, 0.25) is 0 Å². The first-order valence-electron chi connectivity index (χ1n) is 7.97. The van der Waals surface area contributed by atoms with Gasteiger partial charge in [-0.2, -0.15) is 0 Å². The highest BCUT2D eigenvalue weighted by Gasteiger charge is 2.30. The van der Waals surface area contributed by atoms with Crippen molar-refractivity contribution in [1.29, 1.82) is 0 Å². The lowest BCUT2D eigenvalue weighted by molar-refractivity contribution is 0.370. The molecule has 0 atom stereocenters. The van der Waals surface area contributed by atoms with Crippen LogP contribution in [0.3, 0.4) is 0 Å². The molecule has 1 aliphatic heterocycles. The molecule has 118 valence electrons. The molecule has 1 saturated heterocycles. The van der Waals surface area contributed by atoms with E-state index in [4.69, 9.17) is 0 Å². The summed E-state index contributed by atoms with van der Waals surface area (Å²) in [5.41, 5.74) is 2.52. The van der Waals surface area contributed by atoms with Crippen molar-refractivity contribution in [2.24, 2.45) is 10.4 Å². The van der Waals surface area contributed by atoms with E-state index in [9.17, 15) is 0 Å². The van der Waals surface area contributed by atoms with Crippen LogP contribution in [0.25, 0.3) is 11.0 Å². The first-order chi connectivity index (χ1) is 10.6. The van der Waals surface area contributed by atoms with E-state index in [0.717, 1.165) is 48.9 Å². The van der Waals surface area contributed by atoms with E-state index in [1.807, 2.05) is 25.2 Å². The lowest BCUT2D eigenvalue weighted by Crippen LogP contribution is -2.41. The lowest BCUT2D eigenvalue weighted by atomic mass is 9.93. The van der Waals surface area contributed by atoms with Gasteiger partial charge in [-0.15, -0.1) is 0 Å². The number of benzene rings is 1. The molecule has 0 radical (unpaired) electrons. The third kappa shape index (κ3) is 3.24. The second kappa shape index (κ2) is 5.99. The summed E-state index contributed by atoms with van der Waals surface area (Å²) in [4.78, 5) is 14.7. The molecule has 1 fully saturated rings. The number of aromatic amines is 1. The molecule has 0 bridgehead atoms. The van der Waals surface area contributed by atoms with Crippen molar-refractivity contribution in [2.45, 2.75) is 26.7 Å². The molecular weight excluding hydrogens is 274 g/mol. The number of hydrogen-bond donors (Lipinski definition) is 2. The van der Waals surface area contributed by atoms with Gasteiger partial charge in [0, 0.05) is 33.1 Å². The van der Waals surface area contributed by atoms with Gasteiger partial charge in [-0.1, -0.05) is 26.0 Å². The number of nitrogens with one attached hydrogen (secondary N) is 2.